The molecule has 0 saturated carbocycles. The Morgan fingerprint density at radius 2 is 1.81 bits per heavy atom. The molecule has 0 fully saturated rings. The molecule has 27 heavy (non-hydrogen) atoms. The molecule has 0 spiro atoms. The molecule has 146 valence electrons. The normalized spacial score (nSPS) is 12.3. The van der Waals surface area contributed by atoms with E-state index in [0.29, 0.717) is 13.0 Å². The van der Waals surface area contributed by atoms with Crippen LogP contribution >= 0.6 is 0 Å². The van der Waals surface area contributed by atoms with Crippen molar-refractivity contribution in [3.8, 4) is 5.75 Å². The summed E-state index contributed by atoms with van der Waals surface area (Å²) in [5.41, 5.74) is 0.262. The van der Waals surface area contributed by atoms with Gasteiger partial charge in [0.1, 0.15) is 18.5 Å². The zero-order valence-electron chi connectivity index (χ0n) is 14.5. The van der Waals surface area contributed by atoms with Crippen molar-refractivity contribution in [2.75, 3.05) is 19.7 Å². The molecule has 0 heterocycles. The monoisotopic (exact) mass is 382 g/mol. The van der Waals surface area contributed by atoms with Crippen LogP contribution in [0.2, 0.25) is 0 Å². The highest BCUT2D eigenvalue weighted by molar-refractivity contribution is 5.73. The Bertz CT molecular complexity index is 724. The van der Waals surface area contributed by atoms with Gasteiger partial charge in [0.2, 0.25) is 0 Å². The maximum absolute atomic E-state index is 12.6. The van der Waals surface area contributed by atoms with Gasteiger partial charge in [0.05, 0.1) is 5.56 Å². The maximum Gasteiger partial charge on any atom is 0.416 e. The van der Waals surface area contributed by atoms with Crippen LogP contribution in [0.5, 0.6) is 5.75 Å². The molecular formula is C19H21F3N2O3. The van der Waals surface area contributed by atoms with Crippen LogP contribution in [0.25, 0.3) is 0 Å². The van der Waals surface area contributed by atoms with Crippen molar-refractivity contribution in [2.24, 2.45) is 0 Å². The lowest BCUT2D eigenvalue weighted by Gasteiger charge is -2.15. The number of halogens is 3. The third-order valence-corrected chi connectivity index (χ3v) is 3.64. The molecule has 8 heteroatoms. The number of carbonyl (C=O) groups excluding carboxylic acids is 1. The van der Waals surface area contributed by atoms with Gasteiger partial charge < -0.3 is 20.5 Å². The van der Waals surface area contributed by atoms with Crippen LogP contribution in [0, 0.1) is 0 Å². The number of alkyl halides is 3. The number of nitrogens with one attached hydrogen (secondary N) is 2. The molecule has 0 aliphatic rings. The molecule has 0 bridgehead atoms. The summed E-state index contributed by atoms with van der Waals surface area (Å²) in [6, 6.07) is 13.6. The van der Waals surface area contributed by atoms with Gasteiger partial charge in [-0.1, -0.05) is 36.4 Å². The Morgan fingerprint density at radius 1 is 1.07 bits per heavy atom. The minimum absolute atomic E-state index is 0.00353. The highest BCUT2D eigenvalue weighted by atomic mass is 19.4. The smallest absolute Gasteiger partial charge is 0.416 e. The van der Waals surface area contributed by atoms with E-state index in [1.807, 2.05) is 30.3 Å². The Hall–Kier alpha value is -2.74. The molecule has 0 aliphatic heterocycles. The van der Waals surface area contributed by atoms with Crippen molar-refractivity contribution in [2.45, 2.75) is 18.7 Å². The van der Waals surface area contributed by atoms with E-state index in [0.717, 1.165) is 17.7 Å². The Labute approximate surface area is 155 Å². The lowest BCUT2D eigenvalue weighted by atomic mass is 10.1. The predicted molar refractivity (Wildman–Crippen MR) is 94.5 cm³/mol. The first-order valence-electron chi connectivity index (χ1n) is 8.38. The van der Waals surface area contributed by atoms with Crippen LogP contribution < -0.4 is 15.4 Å². The van der Waals surface area contributed by atoms with E-state index in [1.165, 1.54) is 12.1 Å². The van der Waals surface area contributed by atoms with E-state index < -0.39 is 23.9 Å². The standard InChI is InChI=1S/C19H21F3N2O3/c20-19(21,22)15-7-4-8-17(11-15)27-13-16(25)12-24-18(26)23-10-9-14-5-2-1-3-6-14/h1-8,11,16,25H,9-10,12-13H2,(H2,23,24,26). The number of hydrogen-bond donors (Lipinski definition) is 3. The SMILES string of the molecule is O=C(NCCc1ccccc1)NCC(O)COc1cccc(C(F)(F)F)c1. The van der Waals surface area contributed by atoms with E-state index in [9.17, 15) is 23.1 Å². The highest BCUT2D eigenvalue weighted by Gasteiger charge is 2.30. The van der Waals surface area contributed by atoms with Gasteiger partial charge in [-0.25, -0.2) is 4.79 Å². The molecule has 1 atom stereocenters. The van der Waals surface area contributed by atoms with Gasteiger partial charge in [-0.05, 0) is 30.2 Å². The fourth-order valence-electron chi connectivity index (χ4n) is 2.25. The molecule has 5 nitrogen and oxygen atoms in total. The van der Waals surface area contributed by atoms with Crippen molar-refractivity contribution in [3.05, 3.63) is 65.7 Å². The minimum Gasteiger partial charge on any atom is -0.491 e. The second-order valence-corrected chi connectivity index (χ2v) is 5.86. The van der Waals surface area contributed by atoms with Gasteiger partial charge in [-0.2, -0.15) is 13.2 Å². The maximum atomic E-state index is 12.6. The zero-order chi connectivity index (χ0) is 19.7. The second-order valence-electron chi connectivity index (χ2n) is 5.86. The number of aliphatic hydroxyl groups is 1. The number of amides is 2. The Balaban J connectivity index is 1.65. The summed E-state index contributed by atoms with van der Waals surface area (Å²) >= 11 is 0. The fraction of sp³-hybridized carbons (Fsp3) is 0.316. The number of aliphatic hydroxyl groups excluding tert-OH is 1. The first kappa shape index (κ1) is 20.6. The van der Waals surface area contributed by atoms with Crippen LogP contribution in [0.1, 0.15) is 11.1 Å². The van der Waals surface area contributed by atoms with Gasteiger partial charge in [0.15, 0.2) is 0 Å². The first-order chi connectivity index (χ1) is 12.8. The summed E-state index contributed by atoms with van der Waals surface area (Å²) < 4.78 is 43.0. The van der Waals surface area contributed by atoms with Crippen molar-refractivity contribution in [3.63, 3.8) is 0 Å². The fourth-order valence-corrected chi connectivity index (χ4v) is 2.25. The molecule has 0 aliphatic carbocycles. The van der Waals surface area contributed by atoms with Crippen LogP contribution in [-0.2, 0) is 12.6 Å². The average molecular weight is 382 g/mol. The van der Waals surface area contributed by atoms with Crippen molar-refractivity contribution in [1.82, 2.24) is 10.6 Å². The van der Waals surface area contributed by atoms with Crippen molar-refractivity contribution >= 4 is 6.03 Å². The summed E-state index contributed by atoms with van der Waals surface area (Å²) in [6.45, 7) is 0.106. The molecule has 2 aromatic rings. The van der Waals surface area contributed by atoms with Crippen LogP contribution in [0.15, 0.2) is 54.6 Å². The van der Waals surface area contributed by atoms with Gasteiger partial charge in [-0.15, -0.1) is 0 Å². The van der Waals surface area contributed by atoms with Crippen LogP contribution in [0.4, 0.5) is 18.0 Å². The van der Waals surface area contributed by atoms with Crippen molar-refractivity contribution in [1.29, 1.82) is 0 Å². The molecule has 0 saturated heterocycles. The molecule has 0 aromatic heterocycles. The summed E-state index contributed by atoms with van der Waals surface area (Å²) in [5.74, 6) is -0.00353. The minimum atomic E-state index is -4.46. The third kappa shape index (κ3) is 7.57. The van der Waals surface area contributed by atoms with Crippen LogP contribution in [-0.4, -0.2) is 36.9 Å². The van der Waals surface area contributed by atoms with Gasteiger partial charge in [-0.3, -0.25) is 0 Å². The van der Waals surface area contributed by atoms with E-state index in [4.69, 9.17) is 4.74 Å². The van der Waals surface area contributed by atoms with Gasteiger partial charge in [0, 0.05) is 13.1 Å². The first-order valence-corrected chi connectivity index (χ1v) is 8.38. The number of benzene rings is 2. The summed E-state index contributed by atoms with van der Waals surface area (Å²) in [4.78, 5) is 11.7. The summed E-state index contributed by atoms with van der Waals surface area (Å²) in [7, 11) is 0. The Morgan fingerprint density at radius 3 is 2.52 bits per heavy atom. The van der Waals surface area contributed by atoms with Gasteiger partial charge in [0.25, 0.3) is 0 Å². The summed E-state index contributed by atoms with van der Waals surface area (Å²) in [6.07, 6.45) is -4.84. The zero-order valence-corrected chi connectivity index (χ0v) is 14.5. The number of ether oxygens (including phenoxy) is 1. The second kappa shape index (κ2) is 9.82. The largest absolute Gasteiger partial charge is 0.491 e. The van der Waals surface area contributed by atoms with E-state index in [2.05, 4.69) is 10.6 Å². The third-order valence-electron chi connectivity index (χ3n) is 3.64. The number of urea groups is 1. The predicted octanol–water partition coefficient (Wildman–Crippen LogP) is 2.99. The lowest BCUT2D eigenvalue weighted by Crippen LogP contribution is -2.41. The van der Waals surface area contributed by atoms with E-state index in [-0.39, 0.29) is 18.9 Å². The van der Waals surface area contributed by atoms with Gasteiger partial charge >= 0.3 is 12.2 Å². The number of rotatable bonds is 8. The topological polar surface area (TPSA) is 70.6 Å². The molecule has 2 rings (SSSR count). The lowest BCUT2D eigenvalue weighted by molar-refractivity contribution is -0.137. The number of carbonyl (C=O) groups is 1. The average Bonchev–Trinajstić information content (AvgIpc) is 2.65. The quantitative estimate of drug-likeness (QED) is 0.657. The molecule has 2 amide bonds. The number of hydrogen-bond acceptors (Lipinski definition) is 3. The van der Waals surface area contributed by atoms with Crippen molar-refractivity contribution < 1.29 is 27.8 Å². The molecule has 1 unspecified atom stereocenters. The molecule has 2 aromatic carbocycles. The Kier molecular flexibility index (Phi) is 7.48. The summed E-state index contributed by atoms with van der Waals surface area (Å²) in [5, 5.41) is 14.9. The molecule has 0 radical (unpaired) electrons. The highest BCUT2D eigenvalue weighted by Crippen LogP contribution is 2.31. The van der Waals surface area contributed by atoms with Crippen LogP contribution in [0.3, 0.4) is 0 Å². The van der Waals surface area contributed by atoms with E-state index in [1.54, 1.807) is 0 Å². The molecular weight excluding hydrogens is 361 g/mol. The van der Waals surface area contributed by atoms with E-state index >= 15 is 0 Å². The molecule has 3 N–H and O–H groups in total.